The number of carboxylic acids is 1. The van der Waals surface area contributed by atoms with Crippen LogP contribution in [0.5, 0.6) is 0 Å². The summed E-state index contributed by atoms with van der Waals surface area (Å²) in [4.78, 5) is 24.5. The lowest BCUT2D eigenvalue weighted by molar-refractivity contribution is -0.149. The molecule has 0 aliphatic rings. The van der Waals surface area contributed by atoms with Crippen LogP contribution in [0.1, 0.15) is 25.8 Å². The summed E-state index contributed by atoms with van der Waals surface area (Å²) in [6, 6.07) is 1.94. The van der Waals surface area contributed by atoms with Gasteiger partial charge in [-0.05, 0) is 37.8 Å². The van der Waals surface area contributed by atoms with E-state index in [1.807, 2.05) is 18.4 Å². The van der Waals surface area contributed by atoms with E-state index in [0.717, 1.165) is 10.6 Å². The molecule has 17 heavy (non-hydrogen) atoms. The van der Waals surface area contributed by atoms with Gasteiger partial charge in [-0.2, -0.15) is 0 Å². The number of amides is 1. The molecule has 0 saturated heterocycles. The first-order valence-electron chi connectivity index (χ1n) is 5.30. The molecule has 0 aliphatic carbocycles. The molecule has 0 saturated carbocycles. The van der Waals surface area contributed by atoms with Crippen LogP contribution in [0.15, 0.2) is 11.4 Å². The summed E-state index contributed by atoms with van der Waals surface area (Å²) in [5, 5.41) is 11.8. The number of aliphatic carboxylic acids is 1. The van der Waals surface area contributed by atoms with Gasteiger partial charge in [-0.15, -0.1) is 11.3 Å². The molecule has 0 aromatic carbocycles. The SMILES string of the molecule is Cc1ccsc1N(C)C(=O)CC(C)(C)C(=O)O. The van der Waals surface area contributed by atoms with Crippen molar-refractivity contribution < 1.29 is 14.7 Å². The number of carbonyl (C=O) groups excluding carboxylic acids is 1. The zero-order valence-corrected chi connectivity index (χ0v) is 11.3. The summed E-state index contributed by atoms with van der Waals surface area (Å²) in [7, 11) is 1.68. The van der Waals surface area contributed by atoms with Crippen molar-refractivity contribution in [1.82, 2.24) is 0 Å². The predicted octanol–water partition coefficient (Wildman–Crippen LogP) is 2.52. The maximum Gasteiger partial charge on any atom is 0.309 e. The molecular weight excluding hydrogens is 238 g/mol. The molecule has 1 aromatic rings. The van der Waals surface area contributed by atoms with Crippen LogP contribution in [-0.4, -0.2) is 24.0 Å². The zero-order chi connectivity index (χ0) is 13.2. The normalized spacial score (nSPS) is 11.3. The summed E-state index contributed by atoms with van der Waals surface area (Å²) in [6.45, 7) is 5.04. The van der Waals surface area contributed by atoms with E-state index in [1.54, 1.807) is 20.9 Å². The topological polar surface area (TPSA) is 57.6 Å². The zero-order valence-electron chi connectivity index (χ0n) is 10.5. The molecule has 0 fully saturated rings. The second-order valence-electron chi connectivity index (χ2n) is 4.73. The second-order valence-corrected chi connectivity index (χ2v) is 5.62. The molecule has 0 radical (unpaired) electrons. The third-order valence-corrected chi connectivity index (χ3v) is 3.78. The van der Waals surface area contributed by atoms with Crippen LogP contribution in [0.2, 0.25) is 0 Å². The van der Waals surface area contributed by atoms with Crippen LogP contribution in [0.25, 0.3) is 0 Å². The number of hydrogen-bond acceptors (Lipinski definition) is 3. The first-order valence-corrected chi connectivity index (χ1v) is 6.17. The van der Waals surface area contributed by atoms with E-state index >= 15 is 0 Å². The number of carboxylic acid groups (broad SMARTS) is 1. The van der Waals surface area contributed by atoms with Gasteiger partial charge in [0.1, 0.15) is 5.00 Å². The fraction of sp³-hybridized carbons (Fsp3) is 0.500. The highest BCUT2D eigenvalue weighted by atomic mass is 32.1. The fourth-order valence-electron chi connectivity index (χ4n) is 1.39. The highest BCUT2D eigenvalue weighted by molar-refractivity contribution is 7.14. The van der Waals surface area contributed by atoms with Crippen molar-refractivity contribution in [3.05, 3.63) is 17.0 Å². The minimum Gasteiger partial charge on any atom is -0.481 e. The Kier molecular flexibility index (Phi) is 3.93. The monoisotopic (exact) mass is 255 g/mol. The Hall–Kier alpha value is -1.36. The molecule has 4 nitrogen and oxygen atoms in total. The Morgan fingerprint density at radius 3 is 2.47 bits per heavy atom. The van der Waals surface area contributed by atoms with E-state index in [-0.39, 0.29) is 12.3 Å². The summed E-state index contributed by atoms with van der Waals surface area (Å²) in [6.07, 6.45) is -0.00380. The molecule has 1 amide bonds. The number of hydrogen-bond donors (Lipinski definition) is 1. The maximum absolute atomic E-state index is 12.0. The number of anilines is 1. The number of thiophene rings is 1. The van der Waals surface area contributed by atoms with E-state index in [9.17, 15) is 9.59 Å². The molecule has 0 unspecified atom stereocenters. The van der Waals surface area contributed by atoms with Crippen molar-refractivity contribution in [2.24, 2.45) is 5.41 Å². The highest BCUT2D eigenvalue weighted by Gasteiger charge is 2.32. The third-order valence-electron chi connectivity index (χ3n) is 2.69. The van der Waals surface area contributed by atoms with Gasteiger partial charge in [0.05, 0.1) is 5.41 Å². The van der Waals surface area contributed by atoms with Gasteiger partial charge >= 0.3 is 5.97 Å². The van der Waals surface area contributed by atoms with Crippen LogP contribution in [0, 0.1) is 12.3 Å². The van der Waals surface area contributed by atoms with Gasteiger partial charge in [-0.3, -0.25) is 9.59 Å². The third kappa shape index (κ3) is 3.06. The number of rotatable bonds is 4. The summed E-state index contributed by atoms with van der Waals surface area (Å²) < 4.78 is 0. The van der Waals surface area contributed by atoms with Crippen molar-refractivity contribution in [3.63, 3.8) is 0 Å². The summed E-state index contributed by atoms with van der Waals surface area (Å²) >= 11 is 1.48. The number of carbonyl (C=O) groups is 2. The van der Waals surface area contributed by atoms with Crippen molar-refractivity contribution in [3.8, 4) is 0 Å². The van der Waals surface area contributed by atoms with Crippen molar-refractivity contribution >= 4 is 28.2 Å². The Balaban J connectivity index is 2.79. The van der Waals surface area contributed by atoms with Gasteiger partial charge < -0.3 is 10.0 Å². The number of nitrogens with zero attached hydrogens (tertiary/aromatic N) is 1. The van der Waals surface area contributed by atoms with Gasteiger partial charge in [0, 0.05) is 13.5 Å². The van der Waals surface area contributed by atoms with E-state index in [1.165, 1.54) is 16.2 Å². The molecule has 0 aliphatic heterocycles. The quantitative estimate of drug-likeness (QED) is 0.899. The molecule has 0 spiro atoms. The highest BCUT2D eigenvalue weighted by Crippen LogP contribution is 2.28. The molecule has 0 atom stereocenters. The van der Waals surface area contributed by atoms with Gasteiger partial charge in [0.15, 0.2) is 0 Å². The first kappa shape index (κ1) is 13.7. The Labute approximate surface area is 105 Å². The van der Waals surface area contributed by atoms with Gasteiger partial charge in [-0.1, -0.05) is 0 Å². The van der Waals surface area contributed by atoms with Crippen LogP contribution < -0.4 is 4.90 Å². The van der Waals surface area contributed by atoms with Crippen molar-refractivity contribution in [1.29, 1.82) is 0 Å². The van der Waals surface area contributed by atoms with E-state index in [0.29, 0.717) is 0 Å². The molecule has 1 heterocycles. The van der Waals surface area contributed by atoms with Gasteiger partial charge in [0.25, 0.3) is 0 Å². The van der Waals surface area contributed by atoms with Crippen molar-refractivity contribution in [2.45, 2.75) is 27.2 Å². The average Bonchev–Trinajstić information content (AvgIpc) is 2.62. The largest absolute Gasteiger partial charge is 0.481 e. The summed E-state index contributed by atoms with van der Waals surface area (Å²) in [5.74, 6) is -1.13. The lowest BCUT2D eigenvalue weighted by atomic mass is 9.89. The van der Waals surface area contributed by atoms with E-state index < -0.39 is 11.4 Å². The minimum absolute atomic E-state index is 0.00380. The Bertz CT molecular complexity index is 437. The average molecular weight is 255 g/mol. The van der Waals surface area contributed by atoms with Gasteiger partial charge in [-0.25, -0.2) is 0 Å². The Morgan fingerprint density at radius 2 is 2.06 bits per heavy atom. The molecule has 0 bridgehead atoms. The van der Waals surface area contributed by atoms with Crippen LogP contribution >= 0.6 is 11.3 Å². The molecule has 5 heteroatoms. The smallest absolute Gasteiger partial charge is 0.309 e. The molecule has 1 N–H and O–H groups in total. The van der Waals surface area contributed by atoms with Gasteiger partial charge in [0.2, 0.25) is 5.91 Å². The molecule has 1 rings (SSSR count). The lowest BCUT2D eigenvalue weighted by Crippen LogP contribution is -2.34. The minimum atomic E-state index is -1.03. The second kappa shape index (κ2) is 4.87. The fourth-order valence-corrected chi connectivity index (χ4v) is 2.31. The van der Waals surface area contributed by atoms with Crippen LogP contribution in [-0.2, 0) is 9.59 Å². The molecule has 1 aromatic heterocycles. The molecule has 94 valence electrons. The summed E-state index contributed by atoms with van der Waals surface area (Å²) in [5.41, 5.74) is -0.00441. The Morgan fingerprint density at radius 1 is 1.47 bits per heavy atom. The maximum atomic E-state index is 12.0. The van der Waals surface area contributed by atoms with Crippen LogP contribution in [0.4, 0.5) is 5.00 Å². The lowest BCUT2D eigenvalue weighted by Gasteiger charge is -2.23. The molecular formula is C12H17NO3S. The van der Waals surface area contributed by atoms with E-state index in [2.05, 4.69) is 0 Å². The number of aryl methyl sites for hydroxylation is 1. The predicted molar refractivity (Wildman–Crippen MR) is 68.5 cm³/mol. The van der Waals surface area contributed by atoms with Crippen LogP contribution in [0.3, 0.4) is 0 Å². The standard InChI is InChI=1S/C12H17NO3S/c1-8-5-6-17-10(8)13(4)9(14)7-12(2,3)11(15)16/h5-6H,7H2,1-4H3,(H,15,16). The van der Waals surface area contributed by atoms with E-state index in [4.69, 9.17) is 5.11 Å². The first-order chi connectivity index (χ1) is 7.75. The van der Waals surface area contributed by atoms with Crippen molar-refractivity contribution in [2.75, 3.05) is 11.9 Å².